The van der Waals surface area contributed by atoms with Gasteiger partial charge in [0.1, 0.15) is 6.33 Å². The lowest BCUT2D eigenvalue weighted by atomic mass is 10.0. The third-order valence-corrected chi connectivity index (χ3v) is 3.59. The summed E-state index contributed by atoms with van der Waals surface area (Å²) in [5, 5.41) is 10.1. The Morgan fingerprint density at radius 1 is 1.21 bits per heavy atom. The molecular weight excluding hydrogens is 238 g/mol. The van der Waals surface area contributed by atoms with Crippen LogP contribution in [-0.4, -0.2) is 39.2 Å². The van der Waals surface area contributed by atoms with E-state index >= 15 is 0 Å². The zero-order valence-corrected chi connectivity index (χ0v) is 10.9. The maximum atomic E-state index is 4.11. The van der Waals surface area contributed by atoms with Gasteiger partial charge in [-0.25, -0.2) is 10.1 Å². The van der Waals surface area contributed by atoms with E-state index in [1.54, 1.807) is 0 Å². The summed E-state index contributed by atoms with van der Waals surface area (Å²) in [7, 11) is 0. The molecule has 0 radical (unpaired) electrons. The van der Waals surface area contributed by atoms with Crippen molar-refractivity contribution < 1.29 is 0 Å². The Morgan fingerprint density at radius 2 is 2.00 bits per heavy atom. The average Bonchev–Trinajstić information content (AvgIpc) is 2.95. The van der Waals surface area contributed by atoms with Crippen molar-refractivity contribution >= 4 is 5.95 Å². The number of hydrogen-bond donors (Lipinski definition) is 2. The number of nitrogens with one attached hydrogen (secondary N) is 2. The van der Waals surface area contributed by atoms with Gasteiger partial charge in [-0.2, -0.15) is 5.10 Å². The van der Waals surface area contributed by atoms with Crippen LogP contribution in [0.15, 0.2) is 36.7 Å². The first-order chi connectivity index (χ1) is 9.40. The van der Waals surface area contributed by atoms with E-state index in [4.69, 9.17) is 0 Å². The van der Waals surface area contributed by atoms with Crippen molar-refractivity contribution in [2.24, 2.45) is 0 Å². The van der Waals surface area contributed by atoms with E-state index in [-0.39, 0.29) is 0 Å². The standard InChI is InChI=1S/C14H19N5/c1-2-4-12(5-3-1)10-19-8-6-13(7-9-19)17-14-15-11-16-18-14/h1-5,11,13H,6-10H2,(H2,15,16,17,18). The second-order valence-electron chi connectivity index (χ2n) is 5.01. The summed E-state index contributed by atoms with van der Waals surface area (Å²) in [6.07, 6.45) is 3.83. The summed E-state index contributed by atoms with van der Waals surface area (Å²) in [6.45, 7) is 3.30. The Balaban J connectivity index is 1.47. The topological polar surface area (TPSA) is 56.8 Å². The summed E-state index contributed by atoms with van der Waals surface area (Å²) < 4.78 is 0. The van der Waals surface area contributed by atoms with E-state index in [0.717, 1.165) is 38.4 Å². The Morgan fingerprint density at radius 3 is 2.68 bits per heavy atom. The average molecular weight is 257 g/mol. The quantitative estimate of drug-likeness (QED) is 0.878. The maximum absolute atomic E-state index is 4.11. The number of nitrogens with zero attached hydrogens (tertiary/aromatic N) is 3. The predicted octanol–water partition coefficient (Wildman–Crippen LogP) is 1.88. The molecule has 2 aromatic rings. The molecular formula is C14H19N5. The minimum atomic E-state index is 0.500. The van der Waals surface area contributed by atoms with E-state index in [9.17, 15) is 0 Å². The molecule has 0 atom stereocenters. The Bertz CT molecular complexity index is 474. The zero-order chi connectivity index (χ0) is 12.9. The van der Waals surface area contributed by atoms with E-state index in [2.05, 4.69) is 55.7 Å². The van der Waals surface area contributed by atoms with Crippen LogP contribution >= 0.6 is 0 Å². The molecule has 1 aliphatic heterocycles. The molecule has 0 unspecified atom stereocenters. The van der Waals surface area contributed by atoms with Crippen LogP contribution < -0.4 is 5.32 Å². The van der Waals surface area contributed by atoms with E-state index in [0.29, 0.717) is 6.04 Å². The van der Waals surface area contributed by atoms with Gasteiger partial charge in [0.2, 0.25) is 5.95 Å². The summed E-state index contributed by atoms with van der Waals surface area (Å²) in [4.78, 5) is 6.61. The highest BCUT2D eigenvalue weighted by Crippen LogP contribution is 2.16. The van der Waals surface area contributed by atoms with Gasteiger partial charge >= 0.3 is 0 Å². The van der Waals surface area contributed by atoms with E-state index < -0.39 is 0 Å². The number of aromatic nitrogens is 3. The highest BCUT2D eigenvalue weighted by molar-refractivity contribution is 5.23. The first kappa shape index (κ1) is 12.2. The molecule has 0 spiro atoms. The minimum absolute atomic E-state index is 0.500. The van der Waals surface area contributed by atoms with Crippen LogP contribution in [0.25, 0.3) is 0 Å². The fourth-order valence-corrected chi connectivity index (χ4v) is 2.55. The lowest BCUT2D eigenvalue weighted by Crippen LogP contribution is -2.38. The molecule has 1 aromatic heterocycles. The van der Waals surface area contributed by atoms with Crippen LogP contribution in [0.4, 0.5) is 5.95 Å². The number of anilines is 1. The van der Waals surface area contributed by atoms with Crippen LogP contribution in [0.3, 0.4) is 0 Å². The molecule has 5 nitrogen and oxygen atoms in total. The second kappa shape index (κ2) is 5.84. The molecule has 3 rings (SSSR count). The SMILES string of the molecule is c1ccc(CN2CCC(Nc3ncn[nH]3)CC2)cc1. The smallest absolute Gasteiger partial charge is 0.218 e. The van der Waals surface area contributed by atoms with Gasteiger partial charge in [0.15, 0.2) is 0 Å². The fraction of sp³-hybridized carbons (Fsp3) is 0.429. The third-order valence-electron chi connectivity index (χ3n) is 3.59. The van der Waals surface area contributed by atoms with E-state index in [1.807, 2.05) is 0 Å². The summed E-state index contributed by atoms with van der Waals surface area (Å²) in [6, 6.07) is 11.2. The molecule has 100 valence electrons. The van der Waals surface area contributed by atoms with Crippen LogP contribution in [0, 0.1) is 0 Å². The first-order valence-electron chi connectivity index (χ1n) is 6.78. The number of aromatic amines is 1. The molecule has 5 heteroatoms. The van der Waals surface area contributed by atoms with Gasteiger partial charge < -0.3 is 5.32 Å². The number of hydrogen-bond acceptors (Lipinski definition) is 4. The monoisotopic (exact) mass is 257 g/mol. The molecule has 0 aliphatic carbocycles. The van der Waals surface area contributed by atoms with Crippen molar-refractivity contribution in [3.8, 4) is 0 Å². The lowest BCUT2D eigenvalue weighted by Gasteiger charge is -2.32. The highest BCUT2D eigenvalue weighted by Gasteiger charge is 2.19. The molecule has 19 heavy (non-hydrogen) atoms. The molecule has 0 saturated carbocycles. The number of rotatable bonds is 4. The second-order valence-corrected chi connectivity index (χ2v) is 5.01. The number of H-pyrrole nitrogens is 1. The lowest BCUT2D eigenvalue weighted by molar-refractivity contribution is 0.211. The molecule has 0 amide bonds. The number of benzene rings is 1. The van der Waals surface area contributed by atoms with Gasteiger partial charge in [0, 0.05) is 25.7 Å². The predicted molar refractivity (Wildman–Crippen MR) is 74.7 cm³/mol. The van der Waals surface area contributed by atoms with Crippen molar-refractivity contribution in [3.63, 3.8) is 0 Å². The van der Waals surface area contributed by atoms with Crippen molar-refractivity contribution in [2.75, 3.05) is 18.4 Å². The van der Waals surface area contributed by atoms with Crippen LogP contribution in [0.1, 0.15) is 18.4 Å². The summed E-state index contributed by atoms with van der Waals surface area (Å²) in [5.41, 5.74) is 1.39. The fourth-order valence-electron chi connectivity index (χ4n) is 2.55. The summed E-state index contributed by atoms with van der Waals surface area (Å²) in [5.74, 6) is 0.779. The largest absolute Gasteiger partial charge is 0.352 e. The Labute approximate surface area is 113 Å². The first-order valence-corrected chi connectivity index (χ1v) is 6.78. The number of likely N-dealkylation sites (tertiary alicyclic amines) is 1. The van der Waals surface area contributed by atoms with Gasteiger partial charge in [-0.3, -0.25) is 4.90 Å². The van der Waals surface area contributed by atoms with Gasteiger partial charge in [-0.05, 0) is 18.4 Å². The normalized spacial score (nSPS) is 17.5. The van der Waals surface area contributed by atoms with Gasteiger partial charge in [0.25, 0.3) is 0 Å². The molecule has 2 heterocycles. The van der Waals surface area contributed by atoms with Gasteiger partial charge in [-0.15, -0.1) is 0 Å². The van der Waals surface area contributed by atoms with Crippen molar-refractivity contribution in [3.05, 3.63) is 42.2 Å². The zero-order valence-electron chi connectivity index (χ0n) is 10.9. The van der Waals surface area contributed by atoms with Crippen molar-refractivity contribution in [2.45, 2.75) is 25.4 Å². The molecule has 0 bridgehead atoms. The molecule has 1 aliphatic rings. The highest BCUT2D eigenvalue weighted by atomic mass is 15.3. The third kappa shape index (κ3) is 3.32. The molecule has 1 aromatic carbocycles. The Hall–Kier alpha value is -1.88. The minimum Gasteiger partial charge on any atom is -0.352 e. The van der Waals surface area contributed by atoms with E-state index in [1.165, 1.54) is 11.9 Å². The van der Waals surface area contributed by atoms with Gasteiger partial charge in [0.05, 0.1) is 0 Å². The Kier molecular flexibility index (Phi) is 3.74. The molecule has 1 saturated heterocycles. The molecule has 2 N–H and O–H groups in total. The number of piperidine rings is 1. The van der Waals surface area contributed by atoms with Crippen molar-refractivity contribution in [1.29, 1.82) is 0 Å². The summed E-state index contributed by atoms with van der Waals surface area (Å²) >= 11 is 0. The molecule has 1 fully saturated rings. The van der Waals surface area contributed by atoms with Crippen LogP contribution in [-0.2, 0) is 6.54 Å². The van der Waals surface area contributed by atoms with Crippen LogP contribution in [0.2, 0.25) is 0 Å². The maximum Gasteiger partial charge on any atom is 0.218 e. The van der Waals surface area contributed by atoms with Crippen LogP contribution in [0.5, 0.6) is 0 Å². The van der Waals surface area contributed by atoms with Gasteiger partial charge in [-0.1, -0.05) is 30.3 Å². The van der Waals surface area contributed by atoms with Crippen molar-refractivity contribution in [1.82, 2.24) is 20.1 Å².